The minimum absolute atomic E-state index is 0.0383. The minimum atomic E-state index is -0.0668. The van der Waals surface area contributed by atoms with Gasteiger partial charge in [0, 0.05) is 61.0 Å². The van der Waals surface area contributed by atoms with Gasteiger partial charge in [-0.25, -0.2) is 4.42 Å². The van der Waals surface area contributed by atoms with Crippen molar-refractivity contribution in [2.75, 3.05) is 28.3 Å². The minimum Gasteiger partial charge on any atom is -0.496 e. The van der Waals surface area contributed by atoms with Crippen LogP contribution in [-0.2, 0) is 6.54 Å². The molecule has 1 aliphatic rings. The molecule has 3 aromatic carbocycles. The molecular weight excluding hydrogens is 589 g/mol. The molecule has 1 saturated carbocycles. The number of fused-ring (bicyclic) bond motifs is 1. The highest BCUT2D eigenvalue weighted by Crippen LogP contribution is 2.38. The maximum Gasteiger partial charge on any atom is 0.266 e. The van der Waals surface area contributed by atoms with E-state index in [0.29, 0.717) is 27.8 Å². The van der Waals surface area contributed by atoms with Gasteiger partial charge in [-0.15, -0.1) is 11.3 Å². The monoisotopic (exact) mass is 623 g/mol. The summed E-state index contributed by atoms with van der Waals surface area (Å²) in [6, 6.07) is 21.8. The first kappa shape index (κ1) is 30.4. The number of benzene rings is 3. The molecule has 0 radical (unpaired) electrons. The summed E-state index contributed by atoms with van der Waals surface area (Å²) in [5.41, 5.74) is 3.50. The third-order valence-electron chi connectivity index (χ3n) is 8.09. The van der Waals surface area contributed by atoms with E-state index in [9.17, 15) is 9.59 Å². The van der Waals surface area contributed by atoms with E-state index in [2.05, 4.69) is 6.07 Å². The molecule has 0 spiro atoms. The molecule has 2 amide bonds. The van der Waals surface area contributed by atoms with Crippen LogP contribution in [0.3, 0.4) is 0 Å². The molecule has 9 heteroatoms. The van der Waals surface area contributed by atoms with E-state index in [1.54, 1.807) is 30.5 Å². The van der Waals surface area contributed by atoms with Crippen LogP contribution in [-0.4, -0.2) is 66.4 Å². The molecule has 5 rings (SSSR count). The number of carbonyl (C=O) groups is 2. The lowest BCUT2D eigenvalue weighted by molar-refractivity contribution is 0.0589. The Morgan fingerprint density at radius 1 is 0.881 bits per heavy atom. The normalized spacial score (nSPS) is 16.9. The topological polar surface area (TPSA) is 53.1 Å². The van der Waals surface area contributed by atoms with Gasteiger partial charge in [0.05, 0.1) is 12.1 Å². The van der Waals surface area contributed by atoms with Crippen molar-refractivity contribution < 1.29 is 14.3 Å². The number of hydrogen-bond acceptors (Lipinski definition) is 5. The highest BCUT2D eigenvalue weighted by molar-refractivity contribution is 7.21. The fourth-order valence-corrected chi connectivity index (χ4v) is 7.37. The Balaban J connectivity index is 1.49. The van der Waals surface area contributed by atoms with Gasteiger partial charge < -0.3 is 14.5 Å². The van der Waals surface area contributed by atoms with E-state index in [4.69, 9.17) is 28.1 Å². The van der Waals surface area contributed by atoms with Crippen molar-refractivity contribution in [3.63, 3.8) is 0 Å². The summed E-state index contributed by atoms with van der Waals surface area (Å²) in [5.74, 6) is 0.608. The van der Waals surface area contributed by atoms with Gasteiger partial charge in [0.1, 0.15) is 10.6 Å². The molecule has 0 bridgehead atoms. The zero-order valence-corrected chi connectivity index (χ0v) is 26.6. The molecule has 42 heavy (non-hydrogen) atoms. The van der Waals surface area contributed by atoms with Crippen LogP contribution in [0.4, 0.5) is 0 Å². The van der Waals surface area contributed by atoms with Crippen LogP contribution in [0.15, 0.2) is 66.7 Å². The maximum atomic E-state index is 14.3. The molecule has 0 saturated heterocycles. The van der Waals surface area contributed by atoms with Gasteiger partial charge in [-0.3, -0.25) is 9.59 Å². The first-order valence-electron chi connectivity index (χ1n) is 14.0. The predicted molar refractivity (Wildman–Crippen MR) is 173 cm³/mol. The number of amides is 2. The predicted octanol–water partition coefficient (Wildman–Crippen LogP) is 7.97. The van der Waals surface area contributed by atoms with Gasteiger partial charge in [0.15, 0.2) is 0 Å². The third kappa shape index (κ3) is 6.30. The van der Waals surface area contributed by atoms with Crippen LogP contribution < -0.4 is 4.74 Å². The number of thiophene rings is 1. The molecule has 0 N–H and O–H groups in total. The zero-order valence-electron chi connectivity index (χ0n) is 24.3. The average molecular weight is 625 g/mol. The van der Waals surface area contributed by atoms with E-state index in [-0.39, 0.29) is 23.9 Å². The van der Waals surface area contributed by atoms with Crippen LogP contribution in [0.1, 0.15) is 51.3 Å². The zero-order chi connectivity index (χ0) is 30.0. The van der Waals surface area contributed by atoms with Crippen LogP contribution in [0.25, 0.3) is 21.2 Å². The largest absolute Gasteiger partial charge is 0.496 e. The smallest absolute Gasteiger partial charge is 0.266 e. The number of rotatable bonds is 8. The molecule has 6 nitrogen and oxygen atoms in total. The number of methoxy groups -OCH3 is 1. The summed E-state index contributed by atoms with van der Waals surface area (Å²) in [7, 11) is 7.03. The molecule has 220 valence electrons. The number of ether oxygens (including phenoxy) is 1. The quantitative estimate of drug-likeness (QED) is 0.187. The Bertz CT molecular complexity index is 1580. The van der Waals surface area contributed by atoms with E-state index in [0.717, 1.165) is 52.5 Å². The first-order chi connectivity index (χ1) is 20.2. The van der Waals surface area contributed by atoms with E-state index in [1.807, 2.05) is 72.6 Å². The van der Waals surface area contributed by atoms with Crippen LogP contribution >= 0.6 is 34.7 Å². The van der Waals surface area contributed by atoms with Crippen LogP contribution in [0.2, 0.25) is 5.02 Å². The second-order valence-corrected chi connectivity index (χ2v) is 12.9. The van der Waals surface area contributed by atoms with Crippen molar-refractivity contribution in [3.8, 4) is 16.9 Å². The molecule has 4 aromatic rings. The standard InChI is InChI=1S/C33H35Cl2N3O3S/c1-36(2)32(39)22-11-9-21(10-12-22)23-13-18-28(41-4)24(19-23)20-38(26-16-14-25(15-17-26)37(3)35)33(40)31-30(34)27-7-5-6-8-29(27)42-31/h5-13,18-19,25-26H,14-17,20H2,1-4H3. The highest BCUT2D eigenvalue weighted by Gasteiger charge is 2.33. The lowest BCUT2D eigenvalue weighted by Gasteiger charge is -2.38. The molecule has 1 aromatic heterocycles. The molecule has 0 unspecified atom stereocenters. The fourth-order valence-electron chi connectivity index (χ4n) is 5.70. The Hall–Kier alpha value is -3.10. The summed E-state index contributed by atoms with van der Waals surface area (Å²) in [5, 5.41) is 1.41. The van der Waals surface area contributed by atoms with Crippen LogP contribution in [0.5, 0.6) is 5.75 Å². The highest BCUT2D eigenvalue weighted by atomic mass is 35.5. The SMILES string of the molecule is COc1ccc(-c2ccc(C(=O)N(C)C)cc2)cc1CN(C(=O)c1sc2ccccc2c1Cl)C1CCC(N(C)Cl)CC1. The van der Waals surface area contributed by atoms with E-state index < -0.39 is 0 Å². The van der Waals surface area contributed by atoms with Gasteiger partial charge in [-0.1, -0.05) is 48.0 Å². The molecular formula is C33H35Cl2N3O3S. The molecule has 0 aliphatic heterocycles. The Morgan fingerprint density at radius 3 is 2.14 bits per heavy atom. The van der Waals surface area contributed by atoms with Crippen molar-refractivity contribution >= 4 is 56.6 Å². The molecule has 1 fully saturated rings. The molecule has 1 heterocycles. The maximum absolute atomic E-state index is 14.3. The van der Waals surface area contributed by atoms with Crippen molar-refractivity contribution in [1.82, 2.24) is 14.2 Å². The van der Waals surface area contributed by atoms with E-state index in [1.165, 1.54) is 11.3 Å². The third-order valence-corrected chi connectivity index (χ3v) is 10.0. The van der Waals surface area contributed by atoms with Gasteiger partial charge in [0.2, 0.25) is 0 Å². The average Bonchev–Trinajstić information content (AvgIpc) is 3.35. The van der Waals surface area contributed by atoms with Crippen molar-refractivity contribution in [2.45, 2.75) is 44.3 Å². The number of carbonyl (C=O) groups excluding carboxylic acids is 2. The second kappa shape index (κ2) is 13.0. The summed E-state index contributed by atoms with van der Waals surface area (Å²) in [6.07, 6.45) is 3.51. The second-order valence-electron chi connectivity index (χ2n) is 11.0. The van der Waals surface area contributed by atoms with Crippen molar-refractivity contribution in [1.29, 1.82) is 0 Å². The summed E-state index contributed by atoms with van der Waals surface area (Å²) < 4.78 is 8.52. The summed E-state index contributed by atoms with van der Waals surface area (Å²) in [4.78, 5) is 30.8. The van der Waals surface area contributed by atoms with Gasteiger partial charge in [-0.05, 0) is 78.9 Å². The van der Waals surface area contributed by atoms with Gasteiger partial charge >= 0.3 is 0 Å². The number of nitrogens with zero attached hydrogens (tertiary/aromatic N) is 3. The molecule has 1 aliphatic carbocycles. The lowest BCUT2D eigenvalue weighted by Crippen LogP contribution is -2.44. The number of hydrogen-bond donors (Lipinski definition) is 0. The van der Waals surface area contributed by atoms with Gasteiger partial charge in [0.25, 0.3) is 11.8 Å². The Kier molecular flexibility index (Phi) is 9.43. The first-order valence-corrected chi connectivity index (χ1v) is 15.6. The fraction of sp³-hybridized carbons (Fsp3) is 0.333. The van der Waals surface area contributed by atoms with Gasteiger partial charge in [-0.2, -0.15) is 0 Å². The number of halogens is 2. The summed E-state index contributed by atoms with van der Waals surface area (Å²) >= 11 is 14.5. The molecule has 0 atom stereocenters. The lowest BCUT2D eigenvalue weighted by atomic mass is 9.89. The van der Waals surface area contributed by atoms with Crippen LogP contribution in [0, 0.1) is 0 Å². The van der Waals surface area contributed by atoms with Crippen molar-refractivity contribution in [3.05, 3.63) is 87.8 Å². The van der Waals surface area contributed by atoms with Crippen molar-refractivity contribution in [2.24, 2.45) is 0 Å². The summed E-state index contributed by atoms with van der Waals surface area (Å²) in [6.45, 7) is 0.379. The Labute approximate surface area is 261 Å². The van der Waals surface area contributed by atoms with E-state index >= 15 is 0 Å². The Morgan fingerprint density at radius 2 is 1.52 bits per heavy atom.